The van der Waals surface area contributed by atoms with E-state index in [0.29, 0.717) is 0 Å². The van der Waals surface area contributed by atoms with Crippen molar-refractivity contribution in [2.45, 2.75) is 0 Å². The Bertz CT molecular complexity index is 177. The first-order chi connectivity index (χ1) is 4.95. The first-order valence-corrected chi connectivity index (χ1v) is 2.86. The number of halogens is 6. The Labute approximate surface area is 61.6 Å². The molecule has 0 heterocycles. The molecule has 0 radical (unpaired) electrons. The molecule has 0 saturated carbocycles. The highest BCUT2D eigenvalue weighted by molar-refractivity contribution is 8.06. The van der Waals surface area contributed by atoms with Crippen molar-refractivity contribution in [1.29, 1.82) is 0 Å². The zero-order valence-electron chi connectivity index (χ0n) is 4.68. The van der Waals surface area contributed by atoms with Crippen LogP contribution in [-0.2, 0) is 0 Å². The first-order valence-electron chi connectivity index (χ1n) is 2.04. The summed E-state index contributed by atoms with van der Waals surface area (Å²) in [5.41, 5.74) is 0. The predicted octanol–water partition coefficient (Wildman–Crippen LogP) is 3.79. The lowest BCUT2D eigenvalue weighted by molar-refractivity contribution is 0.390. The van der Waals surface area contributed by atoms with Gasteiger partial charge in [-0.15, -0.1) is 0 Å². The molecule has 0 bridgehead atoms. The van der Waals surface area contributed by atoms with E-state index in [0.717, 1.165) is 0 Å². The molecule has 0 aromatic rings. The highest BCUT2D eigenvalue weighted by Crippen LogP contribution is 2.33. The van der Waals surface area contributed by atoms with Crippen molar-refractivity contribution in [2.24, 2.45) is 0 Å². The van der Waals surface area contributed by atoms with Crippen LogP contribution in [0.5, 0.6) is 0 Å². The summed E-state index contributed by atoms with van der Waals surface area (Å²) >= 11 is -0.958. The van der Waals surface area contributed by atoms with Crippen molar-refractivity contribution in [1.82, 2.24) is 0 Å². The molecule has 0 aromatic carbocycles. The van der Waals surface area contributed by atoms with Gasteiger partial charge in [-0.1, -0.05) is 0 Å². The van der Waals surface area contributed by atoms with Crippen LogP contribution in [-0.4, -0.2) is 0 Å². The van der Waals surface area contributed by atoms with E-state index in [4.69, 9.17) is 0 Å². The molecule has 7 heteroatoms. The van der Waals surface area contributed by atoms with Crippen LogP contribution in [0.25, 0.3) is 0 Å². The molecule has 0 amide bonds. The third kappa shape index (κ3) is 3.97. The van der Waals surface area contributed by atoms with Crippen LogP contribution in [0.4, 0.5) is 26.3 Å². The molecule has 0 unspecified atom stereocenters. The van der Waals surface area contributed by atoms with E-state index >= 15 is 0 Å². The van der Waals surface area contributed by atoms with Crippen molar-refractivity contribution in [3.05, 3.63) is 22.5 Å². The monoisotopic (exact) mass is 194 g/mol. The van der Waals surface area contributed by atoms with E-state index in [1.807, 2.05) is 0 Å². The highest BCUT2D eigenvalue weighted by Gasteiger charge is 2.13. The van der Waals surface area contributed by atoms with Gasteiger partial charge in [-0.3, -0.25) is 0 Å². The normalized spacial score (nSPS) is 9.27. The topological polar surface area (TPSA) is 0 Å². The van der Waals surface area contributed by atoms with E-state index < -0.39 is 34.2 Å². The number of hydrogen-bond donors (Lipinski definition) is 0. The van der Waals surface area contributed by atoms with Gasteiger partial charge in [0.2, 0.25) is 10.3 Å². The van der Waals surface area contributed by atoms with Crippen LogP contribution in [0.3, 0.4) is 0 Å². The molecule has 0 rings (SSSR count). The lowest BCUT2D eigenvalue weighted by Gasteiger charge is -1.90. The zero-order valence-corrected chi connectivity index (χ0v) is 5.49. The van der Waals surface area contributed by atoms with Crippen molar-refractivity contribution in [3.63, 3.8) is 0 Å². The van der Waals surface area contributed by atoms with Gasteiger partial charge in [0.15, 0.2) is 0 Å². The van der Waals surface area contributed by atoms with Crippen molar-refractivity contribution in [2.75, 3.05) is 0 Å². The summed E-state index contributed by atoms with van der Waals surface area (Å²) in [6.07, 6.45) is -5.65. The molecule has 0 nitrogen and oxygen atoms in total. The van der Waals surface area contributed by atoms with Crippen LogP contribution < -0.4 is 0 Å². The van der Waals surface area contributed by atoms with Gasteiger partial charge in [-0.05, 0) is 11.8 Å². The van der Waals surface area contributed by atoms with Crippen LogP contribution in [0.2, 0.25) is 0 Å². The second kappa shape index (κ2) is 4.32. The lowest BCUT2D eigenvalue weighted by Crippen LogP contribution is -1.71. The fourth-order valence-electron chi connectivity index (χ4n) is 0.156. The number of thioether (sulfide) groups is 1. The Balaban J connectivity index is 4.30. The summed E-state index contributed by atoms with van der Waals surface area (Å²) in [6, 6.07) is 0. The number of rotatable bonds is 2. The minimum absolute atomic E-state index is 0.958. The molecule has 0 aliphatic carbocycles. The SMILES string of the molecule is FC(F)=C(F)SC(F)=C(F)F. The van der Waals surface area contributed by atoms with Crippen molar-refractivity contribution in [3.8, 4) is 0 Å². The van der Waals surface area contributed by atoms with Gasteiger partial charge in [0, 0.05) is 0 Å². The summed E-state index contributed by atoms with van der Waals surface area (Å²) in [6.45, 7) is 0. The quantitative estimate of drug-likeness (QED) is 0.602. The molecule has 0 N–H and O–H groups in total. The van der Waals surface area contributed by atoms with Gasteiger partial charge in [-0.2, -0.15) is 26.3 Å². The maximum Gasteiger partial charge on any atom is 0.312 e. The minimum Gasteiger partial charge on any atom is -0.193 e. The Morgan fingerprint density at radius 1 is 0.636 bits per heavy atom. The molecule has 0 aliphatic rings. The number of hydrogen-bond acceptors (Lipinski definition) is 1. The standard InChI is InChI=1S/C4F6S/c5-1(6)3(9)11-4(10)2(7)8. The fourth-order valence-corrected chi connectivity index (χ4v) is 0.467. The summed E-state index contributed by atoms with van der Waals surface area (Å²) in [4.78, 5) is 0. The molecule has 11 heavy (non-hydrogen) atoms. The van der Waals surface area contributed by atoms with Gasteiger partial charge in [-0.25, -0.2) is 0 Å². The summed E-state index contributed by atoms with van der Waals surface area (Å²) in [7, 11) is 0. The Morgan fingerprint density at radius 3 is 1.09 bits per heavy atom. The van der Waals surface area contributed by atoms with Crippen molar-refractivity contribution >= 4 is 11.8 Å². The first kappa shape index (κ1) is 10.4. The third-order valence-corrected chi connectivity index (χ3v) is 1.14. The summed E-state index contributed by atoms with van der Waals surface area (Å²) in [5, 5.41) is -4.54. The van der Waals surface area contributed by atoms with Gasteiger partial charge in [0.25, 0.3) is 0 Å². The second-order valence-corrected chi connectivity index (χ2v) is 2.09. The molecular formula is C4F6S. The molecule has 0 aliphatic heterocycles. The van der Waals surface area contributed by atoms with Crippen LogP contribution in [0.1, 0.15) is 0 Å². The molecule has 0 spiro atoms. The van der Waals surface area contributed by atoms with Crippen LogP contribution in [0.15, 0.2) is 22.5 Å². The Hall–Kier alpha value is -0.590. The maximum atomic E-state index is 11.6. The van der Waals surface area contributed by atoms with Crippen LogP contribution >= 0.6 is 11.8 Å². The zero-order chi connectivity index (χ0) is 9.02. The van der Waals surface area contributed by atoms with Gasteiger partial charge >= 0.3 is 12.2 Å². The van der Waals surface area contributed by atoms with Crippen LogP contribution in [0, 0.1) is 0 Å². The molecular weight excluding hydrogens is 194 g/mol. The largest absolute Gasteiger partial charge is 0.312 e. The average Bonchev–Trinajstić information content (AvgIpc) is 1.87. The van der Waals surface area contributed by atoms with E-state index in [-0.39, 0.29) is 0 Å². The predicted molar refractivity (Wildman–Crippen MR) is 28.3 cm³/mol. The van der Waals surface area contributed by atoms with E-state index in [2.05, 4.69) is 0 Å². The lowest BCUT2D eigenvalue weighted by atomic mass is 11.1. The minimum atomic E-state index is -2.83. The van der Waals surface area contributed by atoms with E-state index in [1.54, 1.807) is 0 Å². The molecule has 0 atom stereocenters. The van der Waals surface area contributed by atoms with Crippen molar-refractivity contribution < 1.29 is 26.3 Å². The Morgan fingerprint density at radius 2 is 0.909 bits per heavy atom. The fraction of sp³-hybridized carbons (Fsp3) is 0. The highest BCUT2D eigenvalue weighted by atomic mass is 32.2. The average molecular weight is 194 g/mol. The maximum absolute atomic E-state index is 11.6. The van der Waals surface area contributed by atoms with Gasteiger partial charge in [0.1, 0.15) is 0 Å². The molecule has 0 aromatic heterocycles. The summed E-state index contributed by atoms with van der Waals surface area (Å²) in [5.74, 6) is 0. The van der Waals surface area contributed by atoms with E-state index in [1.165, 1.54) is 0 Å². The van der Waals surface area contributed by atoms with Gasteiger partial charge in [0.05, 0.1) is 0 Å². The Kier molecular flexibility index (Phi) is 4.09. The summed E-state index contributed by atoms with van der Waals surface area (Å²) < 4.78 is 67.6. The molecule has 64 valence electrons. The third-order valence-electron chi connectivity index (χ3n) is 0.476. The van der Waals surface area contributed by atoms with Gasteiger partial charge < -0.3 is 0 Å². The van der Waals surface area contributed by atoms with E-state index in [9.17, 15) is 26.3 Å². The molecule has 0 fully saturated rings. The smallest absolute Gasteiger partial charge is 0.193 e. The molecule has 0 saturated heterocycles. The second-order valence-electron chi connectivity index (χ2n) is 1.17.